The molecule has 1 rings (SSSR count). The predicted octanol–water partition coefficient (Wildman–Crippen LogP) is 0.0424. The standard InChI is InChI=1S/C9H21N3O2S/c1-9(2,3)11-15(13,14)12(7-6-10)8-4-5-8/h8,11H,4-7,10H2,1-3H3. The number of nitrogens with two attached hydrogens (primary N) is 1. The van der Waals surface area contributed by atoms with Gasteiger partial charge in [0, 0.05) is 24.7 Å². The van der Waals surface area contributed by atoms with Crippen LogP contribution in [0.4, 0.5) is 0 Å². The quantitative estimate of drug-likeness (QED) is 0.706. The highest BCUT2D eigenvalue weighted by atomic mass is 32.2. The Bertz CT molecular complexity index is 304. The van der Waals surface area contributed by atoms with Crippen molar-refractivity contribution in [3.63, 3.8) is 0 Å². The van der Waals surface area contributed by atoms with Crippen molar-refractivity contribution >= 4 is 10.2 Å². The molecule has 0 spiro atoms. The molecule has 0 aromatic carbocycles. The maximum Gasteiger partial charge on any atom is 0.280 e. The third-order valence-corrected chi connectivity index (χ3v) is 4.02. The van der Waals surface area contributed by atoms with Gasteiger partial charge in [0.05, 0.1) is 0 Å². The molecule has 1 saturated carbocycles. The van der Waals surface area contributed by atoms with Crippen molar-refractivity contribution in [3.8, 4) is 0 Å². The Balaban J connectivity index is 2.72. The number of nitrogens with zero attached hydrogens (tertiary/aromatic N) is 1. The van der Waals surface area contributed by atoms with E-state index in [1.54, 1.807) is 0 Å². The van der Waals surface area contributed by atoms with Crippen molar-refractivity contribution in [2.45, 2.75) is 45.2 Å². The highest BCUT2D eigenvalue weighted by Gasteiger charge is 2.37. The lowest BCUT2D eigenvalue weighted by molar-refractivity contribution is 0.383. The first-order valence-corrected chi connectivity index (χ1v) is 6.71. The molecule has 0 radical (unpaired) electrons. The van der Waals surface area contributed by atoms with Gasteiger partial charge in [0.25, 0.3) is 10.2 Å². The molecule has 0 bridgehead atoms. The molecule has 6 heteroatoms. The fourth-order valence-electron chi connectivity index (χ4n) is 1.43. The molecule has 0 atom stereocenters. The average molecular weight is 235 g/mol. The third kappa shape index (κ3) is 4.06. The molecule has 15 heavy (non-hydrogen) atoms. The van der Waals surface area contributed by atoms with Crippen molar-refractivity contribution < 1.29 is 8.42 Å². The fourth-order valence-corrected chi connectivity index (χ4v) is 3.27. The second-order valence-electron chi connectivity index (χ2n) is 4.99. The van der Waals surface area contributed by atoms with Crippen LogP contribution in [0.2, 0.25) is 0 Å². The molecule has 0 unspecified atom stereocenters. The summed E-state index contributed by atoms with van der Waals surface area (Å²) >= 11 is 0. The van der Waals surface area contributed by atoms with Crippen molar-refractivity contribution in [1.82, 2.24) is 9.03 Å². The number of hydrogen-bond donors (Lipinski definition) is 2. The fraction of sp³-hybridized carbons (Fsp3) is 1.00. The maximum absolute atomic E-state index is 12.0. The Morgan fingerprint density at radius 3 is 2.27 bits per heavy atom. The lowest BCUT2D eigenvalue weighted by atomic mass is 10.1. The van der Waals surface area contributed by atoms with Crippen molar-refractivity contribution in [2.75, 3.05) is 13.1 Å². The minimum absolute atomic E-state index is 0.161. The molecule has 0 heterocycles. The van der Waals surface area contributed by atoms with E-state index in [0.29, 0.717) is 13.1 Å². The van der Waals surface area contributed by atoms with Gasteiger partial charge in [0.15, 0.2) is 0 Å². The molecular formula is C9H21N3O2S. The maximum atomic E-state index is 12.0. The van der Waals surface area contributed by atoms with Gasteiger partial charge >= 0.3 is 0 Å². The summed E-state index contributed by atoms with van der Waals surface area (Å²) in [7, 11) is -3.38. The van der Waals surface area contributed by atoms with Gasteiger partial charge in [0.2, 0.25) is 0 Å². The Morgan fingerprint density at radius 1 is 1.40 bits per heavy atom. The predicted molar refractivity (Wildman–Crippen MR) is 60.6 cm³/mol. The minimum Gasteiger partial charge on any atom is -0.329 e. The van der Waals surface area contributed by atoms with Crippen LogP contribution >= 0.6 is 0 Å². The van der Waals surface area contributed by atoms with E-state index in [2.05, 4.69) is 4.72 Å². The van der Waals surface area contributed by atoms with E-state index in [0.717, 1.165) is 12.8 Å². The van der Waals surface area contributed by atoms with Gasteiger partial charge in [-0.05, 0) is 33.6 Å². The zero-order valence-electron chi connectivity index (χ0n) is 9.66. The van der Waals surface area contributed by atoms with E-state index in [1.807, 2.05) is 20.8 Å². The van der Waals surface area contributed by atoms with Crippen molar-refractivity contribution in [2.24, 2.45) is 5.73 Å². The number of hydrogen-bond acceptors (Lipinski definition) is 3. The van der Waals surface area contributed by atoms with Crippen LogP contribution in [0.3, 0.4) is 0 Å². The molecule has 5 nitrogen and oxygen atoms in total. The van der Waals surface area contributed by atoms with E-state index in [9.17, 15) is 8.42 Å². The van der Waals surface area contributed by atoms with Gasteiger partial charge in [-0.2, -0.15) is 17.4 Å². The van der Waals surface area contributed by atoms with Crippen LogP contribution in [0, 0.1) is 0 Å². The zero-order chi connectivity index (χ0) is 11.7. The average Bonchev–Trinajstić information content (AvgIpc) is 2.77. The molecule has 1 fully saturated rings. The molecule has 0 aromatic heterocycles. The lowest BCUT2D eigenvalue weighted by Gasteiger charge is -2.27. The normalized spacial score (nSPS) is 18.5. The highest BCUT2D eigenvalue weighted by Crippen LogP contribution is 2.28. The summed E-state index contributed by atoms with van der Waals surface area (Å²) in [5.41, 5.74) is 4.98. The Morgan fingerprint density at radius 2 is 1.93 bits per heavy atom. The van der Waals surface area contributed by atoms with Crippen LogP contribution in [0.15, 0.2) is 0 Å². The number of nitrogens with one attached hydrogen (secondary N) is 1. The SMILES string of the molecule is CC(C)(C)NS(=O)(=O)N(CCN)C1CC1. The van der Waals surface area contributed by atoms with Gasteiger partial charge in [-0.15, -0.1) is 0 Å². The van der Waals surface area contributed by atoms with E-state index in [4.69, 9.17) is 5.73 Å². The number of rotatable bonds is 5. The van der Waals surface area contributed by atoms with Gasteiger partial charge in [-0.25, -0.2) is 0 Å². The molecule has 0 saturated heterocycles. The molecule has 1 aliphatic carbocycles. The Hall–Kier alpha value is -0.170. The third-order valence-electron chi connectivity index (χ3n) is 2.05. The largest absolute Gasteiger partial charge is 0.329 e. The smallest absolute Gasteiger partial charge is 0.280 e. The van der Waals surface area contributed by atoms with Crippen LogP contribution in [-0.2, 0) is 10.2 Å². The van der Waals surface area contributed by atoms with Gasteiger partial charge in [0.1, 0.15) is 0 Å². The van der Waals surface area contributed by atoms with Gasteiger partial charge < -0.3 is 5.73 Å². The minimum atomic E-state index is -3.38. The van der Waals surface area contributed by atoms with Crippen molar-refractivity contribution in [3.05, 3.63) is 0 Å². The molecule has 3 N–H and O–H groups in total. The molecule has 0 aliphatic heterocycles. The second kappa shape index (κ2) is 4.37. The summed E-state index contributed by atoms with van der Waals surface area (Å²) in [6.07, 6.45) is 1.90. The van der Waals surface area contributed by atoms with Crippen LogP contribution < -0.4 is 10.5 Å². The summed E-state index contributed by atoms with van der Waals surface area (Å²) in [4.78, 5) is 0. The van der Waals surface area contributed by atoms with Crippen LogP contribution in [-0.4, -0.2) is 37.4 Å². The second-order valence-corrected chi connectivity index (χ2v) is 6.61. The summed E-state index contributed by atoms with van der Waals surface area (Å²) in [5.74, 6) is 0. The molecule has 1 aliphatic rings. The Labute approximate surface area is 92.2 Å². The first-order valence-electron chi connectivity index (χ1n) is 5.27. The van der Waals surface area contributed by atoms with E-state index >= 15 is 0 Å². The van der Waals surface area contributed by atoms with E-state index in [1.165, 1.54) is 4.31 Å². The molecule has 0 aromatic rings. The lowest BCUT2D eigenvalue weighted by Crippen LogP contribution is -2.50. The van der Waals surface area contributed by atoms with Crippen molar-refractivity contribution in [1.29, 1.82) is 0 Å². The van der Waals surface area contributed by atoms with Gasteiger partial charge in [-0.3, -0.25) is 0 Å². The topological polar surface area (TPSA) is 75.4 Å². The molecule has 0 amide bonds. The summed E-state index contributed by atoms with van der Waals surface area (Å²) < 4.78 is 28.1. The molecular weight excluding hydrogens is 214 g/mol. The summed E-state index contributed by atoms with van der Waals surface area (Å²) in [6.45, 7) is 6.26. The summed E-state index contributed by atoms with van der Waals surface area (Å²) in [5, 5.41) is 0. The van der Waals surface area contributed by atoms with E-state index < -0.39 is 15.7 Å². The van der Waals surface area contributed by atoms with Crippen LogP contribution in [0.5, 0.6) is 0 Å². The Kier molecular flexibility index (Phi) is 3.76. The monoisotopic (exact) mass is 235 g/mol. The first kappa shape index (κ1) is 12.9. The van der Waals surface area contributed by atoms with E-state index in [-0.39, 0.29) is 6.04 Å². The summed E-state index contributed by atoms with van der Waals surface area (Å²) in [6, 6.07) is 0.161. The first-order chi connectivity index (χ1) is 6.76. The zero-order valence-corrected chi connectivity index (χ0v) is 10.5. The van der Waals surface area contributed by atoms with Crippen LogP contribution in [0.25, 0.3) is 0 Å². The van der Waals surface area contributed by atoms with Gasteiger partial charge in [-0.1, -0.05) is 0 Å². The van der Waals surface area contributed by atoms with Crippen LogP contribution in [0.1, 0.15) is 33.6 Å². The molecule has 90 valence electrons. The highest BCUT2D eigenvalue weighted by molar-refractivity contribution is 7.87.